The molecule has 1 unspecified atom stereocenters. The maximum absolute atomic E-state index is 12.0. The maximum Gasteiger partial charge on any atom is 0.347 e. The first-order valence-corrected chi connectivity index (χ1v) is 7.53. The summed E-state index contributed by atoms with van der Waals surface area (Å²) in [5, 5.41) is 0.484. The largest absolute Gasteiger partial charge is 0.481 e. The van der Waals surface area contributed by atoms with Crippen molar-refractivity contribution in [2.75, 3.05) is 0 Å². The SMILES string of the molecule is CC(Oc1ccccc1)c1nc2ccc(I)cc2c(=O)o1. The van der Waals surface area contributed by atoms with Gasteiger partial charge in [-0.25, -0.2) is 9.78 Å². The van der Waals surface area contributed by atoms with E-state index in [0.29, 0.717) is 16.7 Å². The van der Waals surface area contributed by atoms with E-state index in [9.17, 15) is 4.79 Å². The molecule has 0 N–H and O–H groups in total. The van der Waals surface area contributed by atoms with Crippen molar-refractivity contribution in [3.8, 4) is 5.75 Å². The summed E-state index contributed by atoms with van der Waals surface area (Å²) < 4.78 is 12.0. The second-order valence-electron chi connectivity index (χ2n) is 4.57. The molecule has 3 rings (SSSR count). The first-order valence-electron chi connectivity index (χ1n) is 6.45. The van der Waals surface area contributed by atoms with Gasteiger partial charge in [0.1, 0.15) is 5.75 Å². The van der Waals surface area contributed by atoms with Gasteiger partial charge in [-0.05, 0) is 59.8 Å². The van der Waals surface area contributed by atoms with Crippen molar-refractivity contribution in [1.82, 2.24) is 4.98 Å². The number of halogens is 1. The minimum Gasteiger partial charge on any atom is -0.481 e. The molecule has 0 aliphatic rings. The summed E-state index contributed by atoms with van der Waals surface area (Å²) in [6.45, 7) is 1.80. The number of nitrogens with zero attached hydrogens (tertiary/aromatic N) is 1. The Balaban J connectivity index is 1.97. The summed E-state index contributed by atoms with van der Waals surface area (Å²) in [5.74, 6) is 0.981. The Kier molecular flexibility index (Phi) is 3.92. The second kappa shape index (κ2) is 5.85. The van der Waals surface area contributed by atoms with Crippen molar-refractivity contribution in [3.63, 3.8) is 0 Å². The van der Waals surface area contributed by atoms with Crippen LogP contribution in [0.3, 0.4) is 0 Å². The van der Waals surface area contributed by atoms with Crippen LogP contribution in [0.1, 0.15) is 18.9 Å². The van der Waals surface area contributed by atoms with Crippen LogP contribution in [0, 0.1) is 3.57 Å². The molecular formula is C16H12INO3. The Hall–Kier alpha value is -1.89. The lowest BCUT2D eigenvalue weighted by atomic mass is 10.2. The molecule has 0 saturated carbocycles. The van der Waals surface area contributed by atoms with E-state index in [0.717, 1.165) is 3.57 Å². The highest BCUT2D eigenvalue weighted by Gasteiger charge is 2.15. The van der Waals surface area contributed by atoms with Gasteiger partial charge in [-0.3, -0.25) is 0 Å². The predicted molar refractivity (Wildman–Crippen MR) is 88.5 cm³/mol. The number of hydrogen-bond donors (Lipinski definition) is 0. The number of aromatic nitrogens is 1. The van der Waals surface area contributed by atoms with Crippen LogP contribution in [0.4, 0.5) is 0 Å². The van der Waals surface area contributed by atoms with E-state index >= 15 is 0 Å². The van der Waals surface area contributed by atoms with Crippen LogP contribution in [0.2, 0.25) is 0 Å². The van der Waals surface area contributed by atoms with Gasteiger partial charge in [0.2, 0.25) is 5.89 Å². The first kappa shape index (κ1) is 14.1. The molecule has 0 bridgehead atoms. The van der Waals surface area contributed by atoms with Crippen LogP contribution in [0.5, 0.6) is 5.75 Å². The monoisotopic (exact) mass is 393 g/mol. The molecular weight excluding hydrogens is 381 g/mol. The van der Waals surface area contributed by atoms with Crippen molar-refractivity contribution in [2.24, 2.45) is 0 Å². The van der Waals surface area contributed by atoms with Gasteiger partial charge in [0.05, 0.1) is 10.9 Å². The molecule has 3 aromatic rings. The van der Waals surface area contributed by atoms with E-state index in [2.05, 4.69) is 27.6 Å². The number of benzene rings is 2. The summed E-state index contributed by atoms with van der Waals surface area (Å²) in [4.78, 5) is 16.4. The third kappa shape index (κ3) is 3.07. The zero-order chi connectivity index (χ0) is 14.8. The minimum atomic E-state index is -0.441. The van der Waals surface area contributed by atoms with E-state index in [4.69, 9.17) is 9.15 Å². The van der Waals surface area contributed by atoms with Crippen LogP contribution in [0.15, 0.2) is 57.7 Å². The van der Waals surface area contributed by atoms with Gasteiger partial charge in [-0.1, -0.05) is 18.2 Å². The lowest BCUT2D eigenvalue weighted by Gasteiger charge is -2.12. The fraction of sp³-hybridized carbons (Fsp3) is 0.125. The van der Waals surface area contributed by atoms with Gasteiger partial charge in [0.15, 0.2) is 6.10 Å². The quantitative estimate of drug-likeness (QED) is 0.633. The fourth-order valence-electron chi connectivity index (χ4n) is 1.99. The Labute approximate surface area is 134 Å². The summed E-state index contributed by atoms with van der Waals surface area (Å²) in [6.07, 6.45) is -0.441. The highest BCUT2D eigenvalue weighted by molar-refractivity contribution is 14.1. The first-order chi connectivity index (χ1) is 10.1. The molecule has 0 radical (unpaired) electrons. The molecule has 21 heavy (non-hydrogen) atoms. The third-order valence-electron chi connectivity index (χ3n) is 3.01. The molecule has 4 nitrogen and oxygen atoms in total. The zero-order valence-corrected chi connectivity index (χ0v) is 13.4. The van der Waals surface area contributed by atoms with Crippen LogP contribution < -0.4 is 10.4 Å². The molecule has 0 spiro atoms. The topological polar surface area (TPSA) is 52.3 Å². The predicted octanol–water partition coefficient (Wildman–Crippen LogP) is 3.93. The van der Waals surface area contributed by atoms with Gasteiger partial charge in [-0.2, -0.15) is 0 Å². The molecule has 0 fully saturated rings. The van der Waals surface area contributed by atoms with Crippen molar-refractivity contribution in [2.45, 2.75) is 13.0 Å². The van der Waals surface area contributed by atoms with Crippen molar-refractivity contribution >= 4 is 33.5 Å². The molecule has 1 heterocycles. The summed E-state index contributed by atoms with van der Waals surface area (Å²) >= 11 is 2.15. The molecule has 0 aliphatic carbocycles. The molecule has 5 heteroatoms. The Morgan fingerprint density at radius 2 is 1.95 bits per heavy atom. The smallest absolute Gasteiger partial charge is 0.347 e. The molecule has 0 amide bonds. The lowest BCUT2D eigenvalue weighted by molar-refractivity contribution is 0.182. The molecule has 106 valence electrons. The number of ether oxygens (including phenoxy) is 1. The highest BCUT2D eigenvalue weighted by atomic mass is 127. The van der Waals surface area contributed by atoms with E-state index < -0.39 is 11.7 Å². The van der Waals surface area contributed by atoms with Crippen molar-refractivity contribution in [3.05, 3.63) is 68.4 Å². The molecule has 2 aromatic carbocycles. The average molecular weight is 393 g/mol. The number of hydrogen-bond acceptors (Lipinski definition) is 4. The van der Waals surface area contributed by atoms with Crippen LogP contribution in [-0.2, 0) is 0 Å². The van der Waals surface area contributed by atoms with E-state index in [1.807, 2.05) is 42.5 Å². The van der Waals surface area contributed by atoms with Gasteiger partial charge in [0.25, 0.3) is 0 Å². The molecule has 1 aromatic heterocycles. The van der Waals surface area contributed by atoms with Gasteiger partial charge in [-0.15, -0.1) is 0 Å². The molecule has 1 atom stereocenters. The Morgan fingerprint density at radius 3 is 2.71 bits per heavy atom. The third-order valence-corrected chi connectivity index (χ3v) is 3.68. The summed E-state index contributed by atoms with van der Waals surface area (Å²) in [7, 11) is 0. The minimum absolute atomic E-state index is 0.276. The van der Waals surface area contributed by atoms with Crippen LogP contribution >= 0.6 is 22.6 Å². The van der Waals surface area contributed by atoms with E-state index in [1.54, 1.807) is 13.0 Å². The fourth-order valence-corrected chi connectivity index (χ4v) is 2.48. The van der Waals surface area contributed by atoms with Gasteiger partial charge in [0, 0.05) is 3.57 Å². The van der Waals surface area contributed by atoms with Gasteiger partial charge >= 0.3 is 5.63 Å². The summed E-state index contributed by atoms with van der Waals surface area (Å²) in [6, 6.07) is 14.8. The van der Waals surface area contributed by atoms with Crippen LogP contribution in [0.25, 0.3) is 10.9 Å². The Morgan fingerprint density at radius 1 is 1.19 bits per heavy atom. The zero-order valence-electron chi connectivity index (χ0n) is 11.2. The lowest BCUT2D eigenvalue weighted by Crippen LogP contribution is -2.11. The van der Waals surface area contributed by atoms with Crippen LogP contribution in [-0.4, -0.2) is 4.98 Å². The van der Waals surface area contributed by atoms with E-state index in [-0.39, 0.29) is 5.89 Å². The average Bonchev–Trinajstić information content (AvgIpc) is 2.49. The van der Waals surface area contributed by atoms with Gasteiger partial charge < -0.3 is 9.15 Å². The summed E-state index contributed by atoms with van der Waals surface area (Å²) in [5.41, 5.74) is 0.224. The Bertz CT molecular complexity index is 830. The second-order valence-corrected chi connectivity index (χ2v) is 5.82. The van der Waals surface area contributed by atoms with Crippen molar-refractivity contribution < 1.29 is 9.15 Å². The normalized spacial score (nSPS) is 12.3. The van der Waals surface area contributed by atoms with E-state index in [1.165, 1.54) is 0 Å². The maximum atomic E-state index is 12.0. The van der Waals surface area contributed by atoms with Crippen molar-refractivity contribution in [1.29, 1.82) is 0 Å². The molecule has 0 saturated heterocycles. The number of para-hydroxylation sites is 1. The highest BCUT2D eigenvalue weighted by Crippen LogP contribution is 2.21. The number of rotatable bonds is 3. The molecule has 0 aliphatic heterocycles. The number of fused-ring (bicyclic) bond motifs is 1. The standard InChI is InChI=1S/C16H12INO3/c1-10(20-12-5-3-2-4-6-12)15-18-14-8-7-11(17)9-13(14)16(19)21-15/h2-10H,1H3.